The number of pyridine rings is 1. The second kappa shape index (κ2) is 9.62. The Morgan fingerprint density at radius 2 is 1.78 bits per heavy atom. The van der Waals surface area contributed by atoms with Crippen molar-refractivity contribution in [2.75, 3.05) is 18.4 Å². The summed E-state index contributed by atoms with van der Waals surface area (Å²) in [6.45, 7) is 2.36. The van der Waals surface area contributed by atoms with E-state index in [4.69, 9.17) is 0 Å². The molecule has 1 saturated heterocycles. The highest BCUT2D eigenvalue weighted by atomic mass is 19.4. The maximum absolute atomic E-state index is 13.6. The summed E-state index contributed by atoms with van der Waals surface area (Å²) in [6.07, 6.45) is 5.31. The number of alkyl halides is 3. The van der Waals surface area contributed by atoms with Crippen molar-refractivity contribution in [2.45, 2.75) is 50.7 Å². The number of likely N-dealkylation sites (tertiary alicyclic amines) is 1. The SMILES string of the molecule is FC(F)(F)c1nc(Nc2ccc3c(c2)CCC(N2CCCC2)CC3)n(-c2cccc(-c3cn[nH]c3)n2)n1. The van der Waals surface area contributed by atoms with Crippen LogP contribution in [0.15, 0.2) is 48.8 Å². The van der Waals surface area contributed by atoms with Crippen LogP contribution in [-0.2, 0) is 19.0 Å². The van der Waals surface area contributed by atoms with Crippen LogP contribution in [0.25, 0.3) is 17.1 Å². The van der Waals surface area contributed by atoms with Gasteiger partial charge >= 0.3 is 6.18 Å². The lowest BCUT2D eigenvalue weighted by Crippen LogP contribution is -2.32. The van der Waals surface area contributed by atoms with Crippen LogP contribution >= 0.6 is 0 Å². The minimum absolute atomic E-state index is 0.0484. The van der Waals surface area contributed by atoms with Gasteiger partial charge in [-0.25, -0.2) is 4.98 Å². The van der Waals surface area contributed by atoms with Crippen LogP contribution in [0.3, 0.4) is 0 Å². The Labute approximate surface area is 211 Å². The van der Waals surface area contributed by atoms with Gasteiger partial charge in [-0.2, -0.15) is 27.9 Å². The molecule has 0 saturated carbocycles. The first kappa shape index (κ1) is 23.7. The van der Waals surface area contributed by atoms with Crippen molar-refractivity contribution < 1.29 is 13.2 Å². The zero-order chi connectivity index (χ0) is 25.4. The van der Waals surface area contributed by atoms with Gasteiger partial charge in [-0.1, -0.05) is 12.1 Å². The number of hydrogen-bond donors (Lipinski definition) is 2. The van der Waals surface area contributed by atoms with Crippen LogP contribution in [0.1, 0.15) is 42.6 Å². The molecule has 0 amide bonds. The summed E-state index contributed by atoms with van der Waals surface area (Å²) in [6, 6.07) is 11.7. The minimum atomic E-state index is -4.69. The number of hydrogen-bond acceptors (Lipinski definition) is 6. The lowest BCUT2D eigenvalue weighted by molar-refractivity contribution is -0.144. The molecule has 192 valence electrons. The van der Waals surface area contributed by atoms with Crippen molar-refractivity contribution in [3.05, 3.63) is 65.7 Å². The molecule has 4 heterocycles. The average molecular weight is 509 g/mol. The number of rotatable bonds is 5. The summed E-state index contributed by atoms with van der Waals surface area (Å²) >= 11 is 0. The lowest BCUT2D eigenvalue weighted by atomic mass is 10.0. The van der Waals surface area contributed by atoms with Crippen molar-refractivity contribution in [3.63, 3.8) is 0 Å². The topological polar surface area (TPSA) is 87.5 Å². The third-order valence-corrected chi connectivity index (χ3v) is 7.22. The van der Waals surface area contributed by atoms with Crippen molar-refractivity contribution in [1.29, 1.82) is 0 Å². The molecule has 1 aromatic carbocycles. The van der Waals surface area contributed by atoms with Crippen molar-refractivity contribution in [2.24, 2.45) is 0 Å². The van der Waals surface area contributed by atoms with E-state index in [2.05, 4.69) is 41.5 Å². The summed E-state index contributed by atoms with van der Waals surface area (Å²) in [4.78, 5) is 10.9. The Hall–Kier alpha value is -3.73. The Kier molecular flexibility index (Phi) is 6.15. The van der Waals surface area contributed by atoms with Gasteiger partial charge in [0.15, 0.2) is 5.82 Å². The largest absolute Gasteiger partial charge is 0.453 e. The smallest absolute Gasteiger partial charge is 0.324 e. The van der Waals surface area contributed by atoms with Gasteiger partial charge in [0.2, 0.25) is 5.95 Å². The van der Waals surface area contributed by atoms with Crippen LogP contribution in [-0.4, -0.2) is 54.0 Å². The highest BCUT2D eigenvalue weighted by molar-refractivity contribution is 5.60. The number of benzene rings is 1. The second-order valence-electron chi connectivity index (χ2n) is 9.62. The maximum atomic E-state index is 13.6. The number of aromatic nitrogens is 6. The molecule has 0 radical (unpaired) electrons. The first-order valence-electron chi connectivity index (χ1n) is 12.6. The number of aromatic amines is 1. The number of nitrogens with one attached hydrogen (secondary N) is 2. The van der Waals surface area contributed by atoms with E-state index < -0.39 is 12.0 Å². The molecule has 0 bridgehead atoms. The molecule has 8 nitrogen and oxygen atoms in total. The van der Waals surface area contributed by atoms with Gasteiger partial charge in [0.25, 0.3) is 5.82 Å². The van der Waals surface area contributed by atoms with Crippen LogP contribution in [0.5, 0.6) is 0 Å². The van der Waals surface area contributed by atoms with Gasteiger partial charge in [-0.3, -0.25) is 5.10 Å². The van der Waals surface area contributed by atoms with Crippen molar-refractivity contribution >= 4 is 11.6 Å². The van der Waals surface area contributed by atoms with E-state index in [1.165, 1.54) is 37.1 Å². The van der Waals surface area contributed by atoms with E-state index in [0.717, 1.165) is 30.4 Å². The molecule has 1 aliphatic carbocycles. The van der Waals surface area contributed by atoms with E-state index in [0.29, 0.717) is 23.0 Å². The predicted octanol–water partition coefficient (Wildman–Crippen LogP) is 5.16. The number of nitrogens with zero attached hydrogens (tertiary/aromatic N) is 6. The third-order valence-electron chi connectivity index (χ3n) is 7.22. The molecular weight excluding hydrogens is 481 g/mol. The molecule has 3 aromatic heterocycles. The second-order valence-corrected chi connectivity index (χ2v) is 9.62. The highest BCUT2D eigenvalue weighted by Crippen LogP contribution is 2.32. The maximum Gasteiger partial charge on any atom is 0.453 e. The number of anilines is 2. The predicted molar refractivity (Wildman–Crippen MR) is 133 cm³/mol. The van der Waals surface area contributed by atoms with Gasteiger partial charge in [0, 0.05) is 23.5 Å². The summed E-state index contributed by atoms with van der Waals surface area (Å²) in [7, 11) is 0. The van der Waals surface area contributed by atoms with Gasteiger partial charge < -0.3 is 10.2 Å². The van der Waals surface area contributed by atoms with Crippen LogP contribution < -0.4 is 5.32 Å². The van der Waals surface area contributed by atoms with E-state index in [1.54, 1.807) is 30.6 Å². The van der Waals surface area contributed by atoms with Crippen molar-refractivity contribution in [1.82, 2.24) is 34.8 Å². The average Bonchev–Trinajstić information content (AvgIpc) is 3.65. The number of fused-ring (bicyclic) bond motifs is 1. The molecule has 1 fully saturated rings. The van der Waals surface area contributed by atoms with Gasteiger partial charge in [0.05, 0.1) is 11.9 Å². The molecule has 6 rings (SSSR count). The molecule has 2 aliphatic rings. The van der Waals surface area contributed by atoms with Crippen molar-refractivity contribution in [3.8, 4) is 17.1 Å². The summed E-state index contributed by atoms with van der Waals surface area (Å²) in [5, 5.41) is 13.5. The normalized spacial score (nSPS) is 18.5. The van der Waals surface area contributed by atoms with Crippen LogP contribution in [0.4, 0.5) is 24.8 Å². The zero-order valence-corrected chi connectivity index (χ0v) is 20.2. The van der Waals surface area contributed by atoms with Crippen LogP contribution in [0, 0.1) is 0 Å². The first-order chi connectivity index (χ1) is 17.9. The fourth-order valence-corrected chi connectivity index (χ4v) is 5.34. The Morgan fingerprint density at radius 1 is 0.973 bits per heavy atom. The molecule has 0 spiro atoms. The number of aryl methyl sites for hydroxylation is 2. The molecule has 1 unspecified atom stereocenters. The number of H-pyrrole nitrogens is 1. The van der Waals surface area contributed by atoms with E-state index >= 15 is 0 Å². The summed E-state index contributed by atoms with van der Waals surface area (Å²) < 4.78 is 41.8. The fourth-order valence-electron chi connectivity index (χ4n) is 5.34. The Morgan fingerprint density at radius 3 is 2.54 bits per heavy atom. The molecule has 37 heavy (non-hydrogen) atoms. The van der Waals surface area contributed by atoms with Gasteiger partial charge in [-0.05, 0) is 87.0 Å². The lowest BCUT2D eigenvalue weighted by Gasteiger charge is -2.25. The Balaban J connectivity index is 1.29. The summed E-state index contributed by atoms with van der Waals surface area (Å²) in [5.41, 5.74) is 4.48. The minimum Gasteiger partial charge on any atom is -0.324 e. The van der Waals surface area contributed by atoms with E-state index in [1.807, 2.05) is 12.1 Å². The number of halogens is 3. The third kappa shape index (κ3) is 4.95. The molecule has 1 atom stereocenters. The summed E-state index contributed by atoms with van der Waals surface area (Å²) in [5.74, 6) is -1.06. The zero-order valence-electron chi connectivity index (χ0n) is 20.2. The van der Waals surface area contributed by atoms with E-state index in [9.17, 15) is 13.2 Å². The standard InChI is InChI=1S/C26H27F3N8/c27-26(28,29)24-34-25(37(35-24)23-5-3-4-22(33-23)19-15-30-31-16-19)32-20-9-6-17-7-10-21(11-8-18(17)14-20)36-12-1-2-13-36/h3-6,9,14-16,21H,1-2,7-8,10-13H2,(H,30,31)(H,32,34,35). The quantitative estimate of drug-likeness (QED) is 0.362. The molecule has 1 aliphatic heterocycles. The van der Waals surface area contributed by atoms with Crippen LogP contribution in [0.2, 0.25) is 0 Å². The van der Waals surface area contributed by atoms with Gasteiger partial charge in [-0.15, -0.1) is 5.10 Å². The molecule has 4 aromatic rings. The molecule has 11 heteroatoms. The monoisotopic (exact) mass is 508 g/mol. The molecular formula is C26H27F3N8. The Bertz CT molecular complexity index is 1370. The fraction of sp³-hybridized carbons (Fsp3) is 0.385. The van der Waals surface area contributed by atoms with Gasteiger partial charge in [0.1, 0.15) is 0 Å². The first-order valence-corrected chi connectivity index (χ1v) is 12.6. The molecule has 2 N–H and O–H groups in total. The van der Waals surface area contributed by atoms with E-state index in [-0.39, 0.29) is 11.8 Å². The highest BCUT2D eigenvalue weighted by Gasteiger charge is 2.37.